The molecule has 2 heteroatoms. The van der Waals surface area contributed by atoms with E-state index in [0.29, 0.717) is 0 Å². The molecule has 1 heterocycles. The van der Waals surface area contributed by atoms with Crippen LogP contribution in [0.5, 0.6) is 0 Å². The molecule has 1 unspecified atom stereocenters. The minimum atomic E-state index is 0.762. The summed E-state index contributed by atoms with van der Waals surface area (Å²) in [6, 6.07) is 0.762. The van der Waals surface area contributed by atoms with Gasteiger partial charge in [0.1, 0.15) is 0 Å². The lowest BCUT2D eigenvalue weighted by Gasteiger charge is -2.33. The summed E-state index contributed by atoms with van der Waals surface area (Å²) in [6.45, 7) is 7.13. The van der Waals surface area contributed by atoms with E-state index in [4.69, 9.17) is 0 Å². The number of hydrogen-bond acceptors (Lipinski definition) is 2. The zero-order valence-corrected chi connectivity index (χ0v) is 10.2. The normalized spacial score (nSPS) is 21.9. The van der Waals surface area contributed by atoms with Crippen LogP contribution in [0.4, 0.5) is 0 Å². The summed E-state index contributed by atoms with van der Waals surface area (Å²) < 4.78 is 0. The molecule has 1 aliphatic heterocycles. The molecule has 84 valence electrons. The van der Waals surface area contributed by atoms with E-state index < -0.39 is 0 Å². The Morgan fingerprint density at radius 3 is 2.21 bits per heavy atom. The first-order valence-corrected chi connectivity index (χ1v) is 5.98. The van der Waals surface area contributed by atoms with Crippen molar-refractivity contribution in [2.45, 2.75) is 39.2 Å². The maximum Gasteiger partial charge on any atom is 0.0115 e. The Balaban J connectivity index is 2.37. The topological polar surface area (TPSA) is 15.3 Å². The Morgan fingerprint density at radius 1 is 1.21 bits per heavy atom. The molecule has 0 radical (unpaired) electrons. The molecule has 0 aromatic carbocycles. The van der Waals surface area contributed by atoms with Crippen LogP contribution in [-0.4, -0.2) is 38.1 Å². The second-order valence-corrected chi connectivity index (χ2v) is 5.20. The first-order valence-electron chi connectivity index (χ1n) is 5.98. The molecular weight excluding hydrogens is 172 g/mol. The largest absolute Gasteiger partial charge is 0.317 e. The first kappa shape index (κ1) is 12.0. The van der Waals surface area contributed by atoms with Gasteiger partial charge in [-0.15, -0.1) is 0 Å². The molecule has 0 amide bonds. The van der Waals surface area contributed by atoms with Gasteiger partial charge in [0.2, 0.25) is 0 Å². The SMILES string of the molecule is CC(C)C(CC1CCNCC1)N(C)C. The summed E-state index contributed by atoms with van der Waals surface area (Å²) in [4.78, 5) is 2.40. The van der Waals surface area contributed by atoms with Crippen LogP contribution in [0.1, 0.15) is 33.1 Å². The number of nitrogens with zero attached hydrogens (tertiary/aromatic N) is 1. The van der Waals surface area contributed by atoms with Crippen molar-refractivity contribution in [2.75, 3.05) is 27.2 Å². The molecule has 0 aromatic rings. The van der Waals surface area contributed by atoms with E-state index in [1.807, 2.05) is 0 Å². The second-order valence-electron chi connectivity index (χ2n) is 5.20. The second kappa shape index (κ2) is 5.72. The molecular formula is C12H26N2. The van der Waals surface area contributed by atoms with Crippen molar-refractivity contribution >= 4 is 0 Å². The average Bonchev–Trinajstić information content (AvgIpc) is 2.15. The van der Waals surface area contributed by atoms with Crippen molar-refractivity contribution < 1.29 is 0 Å². The molecule has 14 heavy (non-hydrogen) atoms. The van der Waals surface area contributed by atoms with E-state index in [0.717, 1.165) is 17.9 Å². The van der Waals surface area contributed by atoms with Crippen molar-refractivity contribution in [1.82, 2.24) is 10.2 Å². The van der Waals surface area contributed by atoms with Gasteiger partial charge in [-0.05, 0) is 58.3 Å². The fourth-order valence-corrected chi connectivity index (χ4v) is 2.54. The molecule has 1 saturated heterocycles. The molecule has 1 atom stereocenters. The molecule has 0 bridgehead atoms. The van der Waals surface area contributed by atoms with Crippen LogP contribution in [0.25, 0.3) is 0 Å². The number of piperidine rings is 1. The summed E-state index contributed by atoms with van der Waals surface area (Å²) in [7, 11) is 4.43. The van der Waals surface area contributed by atoms with E-state index >= 15 is 0 Å². The molecule has 1 N–H and O–H groups in total. The maximum absolute atomic E-state index is 3.43. The van der Waals surface area contributed by atoms with Gasteiger partial charge < -0.3 is 10.2 Å². The highest BCUT2D eigenvalue weighted by molar-refractivity contribution is 4.77. The van der Waals surface area contributed by atoms with Crippen LogP contribution in [0.2, 0.25) is 0 Å². The Kier molecular flexibility index (Phi) is 4.90. The molecule has 1 aliphatic rings. The quantitative estimate of drug-likeness (QED) is 0.743. The van der Waals surface area contributed by atoms with Gasteiger partial charge in [-0.1, -0.05) is 13.8 Å². The highest BCUT2D eigenvalue weighted by Gasteiger charge is 2.22. The summed E-state index contributed by atoms with van der Waals surface area (Å²) in [5.41, 5.74) is 0. The van der Waals surface area contributed by atoms with Crippen LogP contribution in [0, 0.1) is 11.8 Å². The van der Waals surface area contributed by atoms with Crippen LogP contribution < -0.4 is 5.32 Å². The Bertz CT molecular complexity index is 140. The Morgan fingerprint density at radius 2 is 1.79 bits per heavy atom. The molecule has 0 aromatic heterocycles. The fourth-order valence-electron chi connectivity index (χ4n) is 2.54. The summed E-state index contributed by atoms with van der Waals surface area (Å²) >= 11 is 0. The Hall–Kier alpha value is -0.0800. The van der Waals surface area contributed by atoms with Gasteiger partial charge in [-0.3, -0.25) is 0 Å². The van der Waals surface area contributed by atoms with Gasteiger partial charge >= 0.3 is 0 Å². The maximum atomic E-state index is 3.43. The summed E-state index contributed by atoms with van der Waals surface area (Å²) in [5, 5.41) is 3.43. The lowest BCUT2D eigenvalue weighted by atomic mass is 9.86. The highest BCUT2D eigenvalue weighted by atomic mass is 15.1. The average molecular weight is 198 g/mol. The Labute approximate surface area is 89.1 Å². The van der Waals surface area contributed by atoms with E-state index in [-0.39, 0.29) is 0 Å². The van der Waals surface area contributed by atoms with Gasteiger partial charge in [-0.25, -0.2) is 0 Å². The number of hydrogen-bond donors (Lipinski definition) is 1. The van der Waals surface area contributed by atoms with E-state index in [9.17, 15) is 0 Å². The zero-order valence-electron chi connectivity index (χ0n) is 10.2. The van der Waals surface area contributed by atoms with Gasteiger partial charge in [0, 0.05) is 6.04 Å². The van der Waals surface area contributed by atoms with Crippen LogP contribution in [-0.2, 0) is 0 Å². The third-order valence-electron chi connectivity index (χ3n) is 3.47. The smallest absolute Gasteiger partial charge is 0.0115 e. The van der Waals surface area contributed by atoms with Gasteiger partial charge in [-0.2, -0.15) is 0 Å². The van der Waals surface area contributed by atoms with E-state index in [2.05, 4.69) is 38.2 Å². The molecule has 0 saturated carbocycles. The number of nitrogens with one attached hydrogen (secondary N) is 1. The highest BCUT2D eigenvalue weighted by Crippen LogP contribution is 2.23. The van der Waals surface area contributed by atoms with Gasteiger partial charge in [0.15, 0.2) is 0 Å². The van der Waals surface area contributed by atoms with Crippen molar-refractivity contribution in [2.24, 2.45) is 11.8 Å². The van der Waals surface area contributed by atoms with Crippen molar-refractivity contribution in [3.05, 3.63) is 0 Å². The molecule has 1 fully saturated rings. The van der Waals surface area contributed by atoms with Crippen molar-refractivity contribution in [3.63, 3.8) is 0 Å². The van der Waals surface area contributed by atoms with Gasteiger partial charge in [0.25, 0.3) is 0 Å². The standard InChI is InChI=1S/C12H26N2/c1-10(2)12(14(3)4)9-11-5-7-13-8-6-11/h10-13H,5-9H2,1-4H3. The predicted molar refractivity (Wildman–Crippen MR) is 62.5 cm³/mol. The molecule has 0 aliphatic carbocycles. The predicted octanol–water partition coefficient (Wildman–Crippen LogP) is 1.96. The van der Waals surface area contributed by atoms with Crippen LogP contribution in [0.3, 0.4) is 0 Å². The molecule has 2 nitrogen and oxygen atoms in total. The van der Waals surface area contributed by atoms with Crippen LogP contribution >= 0.6 is 0 Å². The van der Waals surface area contributed by atoms with E-state index in [1.54, 1.807) is 0 Å². The fraction of sp³-hybridized carbons (Fsp3) is 1.00. The van der Waals surface area contributed by atoms with Crippen molar-refractivity contribution in [3.8, 4) is 0 Å². The minimum Gasteiger partial charge on any atom is -0.317 e. The molecule has 1 rings (SSSR count). The third kappa shape index (κ3) is 3.58. The minimum absolute atomic E-state index is 0.762. The summed E-state index contributed by atoms with van der Waals surface area (Å²) in [5.74, 6) is 1.73. The van der Waals surface area contributed by atoms with E-state index in [1.165, 1.54) is 32.4 Å². The summed E-state index contributed by atoms with van der Waals surface area (Å²) in [6.07, 6.45) is 4.13. The number of rotatable bonds is 4. The lowest BCUT2D eigenvalue weighted by Crippen LogP contribution is -2.37. The molecule has 0 spiro atoms. The lowest BCUT2D eigenvalue weighted by molar-refractivity contribution is 0.176. The zero-order chi connectivity index (χ0) is 10.6. The third-order valence-corrected chi connectivity index (χ3v) is 3.47. The first-order chi connectivity index (χ1) is 6.61. The monoisotopic (exact) mass is 198 g/mol. The van der Waals surface area contributed by atoms with Crippen molar-refractivity contribution in [1.29, 1.82) is 0 Å². The van der Waals surface area contributed by atoms with Crippen LogP contribution in [0.15, 0.2) is 0 Å². The van der Waals surface area contributed by atoms with Gasteiger partial charge in [0.05, 0.1) is 0 Å².